The van der Waals surface area contributed by atoms with E-state index in [4.69, 9.17) is 9.47 Å². The van der Waals surface area contributed by atoms with Gasteiger partial charge in [-0.25, -0.2) is 4.98 Å². The number of fused-ring (bicyclic) bond motifs is 1. The number of aromatic nitrogens is 1. The lowest BCUT2D eigenvalue weighted by Crippen LogP contribution is -2.37. The van der Waals surface area contributed by atoms with Gasteiger partial charge >= 0.3 is 0 Å². The highest BCUT2D eigenvalue weighted by molar-refractivity contribution is 7.11. The maximum atomic E-state index is 12.5. The van der Waals surface area contributed by atoms with Gasteiger partial charge < -0.3 is 14.8 Å². The lowest BCUT2D eigenvalue weighted by molar-refractivity contribution is -0.126. The average molecular weight is 346 g/mol. The fourth-order valence-electron chi connectivity index (χ4n) is 2.89. The molecule has 1 unspecified atom stereocenters. The molecule has 3 rings (SSSR count). The zero-order valence-corrected chi connectivity index (χ0v) is 15.0. The lowest BCUT2D eigenvalue weighted by Gasteiger charge is -2.25. The number of benzene rings is 1. The summed E-state index contributed by atoms with van der Waals surface area (Å²) in [7, 11) is 1.63. The van der Waals surface area contributed by atoms with Crippen LogP contribution >= 0.6 is 11.3 Å². The van der Waals surface area contributed by atoms with Crippen LogP contribution in [0.5, 0.6) is 11.5 Å². The SMILES string of the molecule is CCc1nc(C)sc1CNC(=O)C1COc2cc(OC)ccc2C1. The fourth-order valence-corrected chi connectivity index (χ4v) is 3.85. The zero-order valence-electron chi connectivity index (χ0n) is 14.2. The van der Waals surface area contributed by atoms with Crippen LogP contribution in [0.4, 0.5) is 0 Å². The number of hydrogen-bond acceptors (Lipinski definition) is 5. The molecule has 2 aromatic rings. The summed E-state index contributed by atoms with van der Waals surface area (Å²) in [6.07, 6.45) is 1.57. The van der Waals surface area contributed by atoms with Crippen molar-refractivity contribution >= 4 is 17.2 Å². The monoisotopic (exact) mass is 346 g/mol. The minimum absolute atomic E-state index is 0.0320. The third-order valence-electron chi connectivity index (χ3n) is 4.19. The number of ether oxygens (including phenoxy) is 2. The molecule has 1 aliphatic rings. The maximum absolute atomic E-state index is 12.5. The molecule has 6 heteroatoms. The molecule has 0 bridgehead atoms. The summed E-state index contributed by atoms with van der Waals surface area (Å²) in [5.41, 5.74) is 2.13. The second-order valence-electron chi connectivity index (χ2n) is 5.86. The number of rotatable bonds is 5. The van der Waals surface area contributed by atoms with Gasteiger partial charge in [0.25, 0.3) is 0 Å². The van der Waals surface area contributed by atoms with Crippen molar-refractivity contribution in [3.05, 3.63) is 39.3 Å². The Morgan fingerprint density at radius 2 is 2.33 bits per heavy atom. The van der Waals surface area contributed by atoms with Gasteiger partial charge in [0.15, 0.2) is 0 Å². The molecule has 5 nitrogen and oxygen atoms in total. The van der Waals surface area contributed by atoms with Crippen LogP contribution in [0.2, 0.25) is 0 Å². The Kier molecular flexibility index (Phi) is 5.04. The standard InChI is InChI=1S/C18H22N2O3S/c1-4-15-17(24-11(2)20-15)9-19-18(21)13-7-12-5-6-14(22-3)8-16(12)23-10-13/h5-6,8,13H,4,7,9-10H2,1-3H3,(H,19,21). The number of thiazole rings is 1. The van der Waals surface area contributed by atoms with Crippen molar-refractivity contribution in [2.45, 2.75) is 33.2 Å². The van der Waals surface area contributed by atoms with Gasteiger partial charge in [0.1, 0.15) is 18.1 Å². The third kappa shape index (κ3) is 3.53. The Bertz CT molecular complexity index is 742. The van der Waals surface area contributed by atoms with Crippen LogP contribution in [-0.2, 0) is 24.2 Å². The van der Waals surface area contributed by atoms with Gasteiger partial charge in [-0.1, -0.05) is 13.0 Å². The molecule has 1 aromatic heterocycles. The molecular weight excluding hydrogens is 324 g/mol. The topological polar surface area (TPSA) is 60.5 Å². The molecule has 1 amide bonds. The molecular formula is C18H22N2O3S. The van der Waals surface area contributed by atoms with E-state index in [1.807, 2.05) is 25.1 Å². The molecule has 0 radical (unpaired) electrons. The predicted molar refractivity (Wildman–Crippen MR) is 93.8 cm³/mol. The van der Waals surface area contributed by atoms with Crippen molar-refractivity contribution in [2.75, 3.05) is 13.7 Å². The molecule has 2 heterocycles. The van der Waals surface area contributed by atoms with Gasteiger partial charge in [-0.3, -0.25) is 4.79 Å². The summed E-state index contributed by atoms with van der Waals surface area (Å²) < 4.78 is 11.0. The summed E-state index contributed by atoms with van der Waals surface area (Å²) in [6, 6.07) is 5.74. The van der Waals surface area contributed by atoms with Crippen LogP contribution in [0.1, 0.15) is 28.1 Å². The Labute approximate surface area is 146 Å². The summed E-state index contributed by atoms with van der Waals surface area (Å²) >= 11 is 1.65. The first-order valence-corrected chi connectivity index (χ1v) is 8.95. The molecule has 24 heavy (non-hydrogen) atoms. The highest BCUT2D eigenvalue weighted by Crippen LogP contribution is 2.31. The lowest BCUT2D eigenvalue weighted by atomic mass is 9.96. The van der Waals surface area contributed by atoms with Gasteiger partial charge in [-0.15, -0.1) is 11.3 Å². The molecule has 1 aromatic carbocycles. The largest absolute Gasteiger partial charge is 0.497 e. The van der Waals surface area contributed by atoms with Crippen LogP contribution in [0.15, 0.2) is 18.2 Å². The van der Waals surface area contributed by atoms with E-state index >= 15 is 0 Å². The number of hydrogen-bond donors (Lipinski definition) is 1. The molecule has 1 aliphatic heterocycles. The Morgan fingerprint density at radius 1 is 1.50 bits per heavy atom. The number of nitrogens with zero attached hydrogens (tertiary/aromatic N) is 1. The number of aryl methyl sites for hydroxylation is 2. The normalized spacial score (nSPS) is 16.2. The first kappa shape index (κ1) is 16.8. The number of methoxy groups -OCH3 is 1. The summed E-state index contributed by atoms with van der Waals surface area (Å²) in [4.78, 5) is 18.1. The fraction of sp³-hybridized carbons (Fsp3) is 0.444. The molecule has 0 fully saturated rings. The van der Waals surface area contributed by atoms with Gasteiger partial charge in [-0.2, -0.15) is 0 Å². The number of nitrogens with one attached hydrogen (secondary N) is 1. The molecule has 0 saturated carbocycles. The van der Waals surface area contributed by atoms with E-state index in [2.05, 4.69) is 17.2 Å². The van der Waals surface area contributed by atoms with Crippen molar-refractivity contribution in [3.63, 3.8) is 0 Å². The third-order valence-corrected chi connectivity index (χ3v) is 5.21. The van der Waals surface area contributed by atoms with E-state index in [1.165, 1.54) is 0 Å². The smallest absolute Gasteiger partial charge is 0.227 e. The highest BCUT2D eigenvalue weighted by Gasteiger charge is 2.26. The van der Waals surface area contributed by atoms with E-state index in [0.717, 1.165) is 39.1 Å². The zero-order chi connectivity index (χ0) is 17.1. The Hall–Kier alpha value is -2.08. The van der Waals surface area contributed by atoms with E-state index in [1.54, 1.807) is 18.4 Å². The van der Waals surface area contributed by atoms with Crippen molar-refractivity contribution < 1.29 is 14.3 Å². The molecule has 1 N–H and O–H groups in total. The molecule has 128 valence electrons. The summed E-state index contributed by atoms with van der Waals surface area (Å²) in [5, 5.41) is 4.08. The molecule has 0 aliphatic carbocycles. The van der Waals surface area contributed by atoms with Crippen LogP contribution in [0.3, 0.4) is 0 Å². The second-order valence-corrected chi connectivity index (χ2v) is 7.15. The first-order chi connectivity index (χ1) is 11.6. The van der Waals surface area contributed by atoms with E-state index in [0.29, 0.717) is 19.6 Å². The van der Waals surface area contributed by atoms with Gasteiger partial charge in [0, 0.05) is 10.9 Å². The highest BCUT2D eigenvalue weighted by atomic mass is 32.1. The first-order valence-electron chi connectivity index (χ1n) is 8.13. The molecule has 0 spiro atoms. The van der Waals surface area contributed by atoms with E-state index in [9.17, 15) is 4.79 Å². The average Bonchev–Trinajstić information content (AvgIpc) is 2.98. The van der Waals surface area contributed by atoms with Gasteiger partial charge in [0.05, 0.1) is 30.3 Å². The van der Waals surface area contributed by atoms with E-state index < -0.39 is 0 Å². The number of carbonyl (C=O) groups is 1. The van der Waals surface area contributed by atoms with E-state index in [-0.39, 0.29) is 11.8 Å². The molecule has 1 atom stereocenters. The van der Waals surface area contributed by atoms with Crippen molar-refractivity contribution in [1.29, 1.82) is 0 Å². The van der Waals surface area contributed by atoms with Crippen molar-refractivity contribution in [1.82, 2.24) is 10.3 Å². The number of amides is 1. The van der Waals surface area contributed by atoms with Gasteiger partial charge in [0.2, 0.25) is 5.91 Å². The Morgan fingerprint density at radius 3 is 3.08 bits per heavy atom. The van der Waals surface area contributed by atoms with Crippen LogP contribution in [0.25, 0.3) is 0 Å². The van der Waals surface area contributed by atoms with Crippen LogP contribution in [0, 0.1) is 12.8 Å². The predicted octanol–water partition coefficient (Wildman–Crippen LogP) is 2.89. The van der Waals surface area contributed by atoms with Crippen LogP contribution < -0.4 is 14.8 Å². The Balaban J connectivity index is 1.61. The maximum Gasteiger partial charge on any atom is 0.227 e. The number of carbonyl (C=O) groups excluding carboxylic acids is 1. The molecule has 0 saturated heterocycles. The summed E-state index contributed by atoms with van der Waals surface area (Å²) in [5.74, 6) is 1.45. The minimum atomic E-state index is -0.162. The minimum Gasteiger partial charge on any atom is -0.497 e. The van der Waals surface area contributed by atoms with Crippen molar-refractivity contribution in [2.24, 2.45) is 5.92 Å². The second kappa shape index (κ2) is 7.21. The van der Waals surface area contributed by atoms with Gasteiger partial charge in [-0.05, 0) is 31.4 Å². The quantitative estimate of drug-likeness (QED) is 0.904. The van der Waals surface area contributed by atoms with Crippen LogP contribution in [-0.4, -0.2) is 24.6 Å². The van der Waals surface area contributed by atoms with Crippen molar-refractivity contribution in [3.8, 4) is 11.5 Å². The summed E-state index contributed by atoms with van der Waals surface area (Å²) in [6.45, 7) is 5.02.